The Bertz CT molecular complexity index is 341. The lowest BCUT2D eigenvalue weighted by atomic mass is 10.3. The fraction of sp³-hybridized carbons (Fsp3) is 0.333. The second-order valence-corrected chi connectivity index (χ2v) is 3.37. The van der Waals surface area contributed by atoms with Crippen molar-refractivity contribution in [2.75, 3.05) is 12.9 Å². The maximum absolute atomic E-state index is 10.5. The zero-order chi connectivity index (χ0) is 10.6. The first-order valence-corrected chi connectivity index (χ1v) is 5.36. The second kappa shape index (κ2) is 4.85. The summed E-state index contributed by atoms with van der Waals surface area (Å²) in [5.74, 6) is 0.700. The van der Waals surface area contributed by atoms with Crippen LogP contribution in [0.25, 0.3) is 0 Å². The SMILES string of the molecule is CCOc1ccc([N+](=O)[O-])cc1SC. The fourth-order valence-electron chi connectivity index (χ4n) is 1.04. The van der Waals surface area contributed by atoms with Crippen molar-refractivity contribution in [1.82, 2.24) is 0 Å². The quantitative estimate of drug-likeness (QED) is 0.438. The Morgan fingerprint density at radius 1 is 1.57 bits per heavy atom. The van der Waals surface area contributed by atoms with Crippen LogP contribution < -0.4 is 4.74 Å². The van der Waals surface area contributed by atoms with Crippen LogP contribution in [0.2, 0.25) is 0 Å². The van der Waals surface area contributed by atoms with Gasteiger partial charge in [-0.05, 0) is 19.2 Å². The third-order valence-electron chi connectivity index (χ3n) is 1.66. The van der Waals surface area contributed by atoms with Crippen LogP contribution >= 0.6 is 11.8 Å². The highest BCUT2D eigenvalue weighted by Gasteiger charge is 2.10. The Morgan fingerprint density at radius 2 is 2.29 bits per heavy atom. The molecule has 0 amide bonds. The Kier molecular flexibility index (Phi) is 3.76. The summed E-state index contributed by atoms with van der Waals surface area (Å²) in [4.78, 5) is 10.9. The molecule has 0 spiro atoms. The lowest BCUT2D eigenvalue weighted by Crippen LogP contribution is -1.94. The minimum Gasteiger partial charge on any atom is -0.493 e. The summed E-state index contributed by atoms with van der Waals surface area (Å²) in [6.07, 6.45) is 1.86. The van der Waals surface area contributed by atoms with Crippen molar-refractivity contribution in [2.45, 2.75) is 11.8 Å². The van der Waals surface area contributed by atoms with Crippen molar-refractivity contribution in [3.63, 3.8) is 0 Å². The van der Waals surface area contributed by atoms with Crippen molar-refractivity contribution in [3.8, 4) is 5.75 Å². The standard InChI is InChI=1S/C9H11NO3S/c1-3-13-8-5-4-7(10(11)12)6-9(8)14-2/h4-6H,3H2,1-2H3. The van der Waals surface area contributed by atoms with E-state index in [1.54, 1.807) is 6.07 Å². The summed E-state index contributed by atoms with van der Waals surface area (Å²) in [7, 11) is 0. The van der Waals surface area contributed by atoms with Gasteiger partial charge in [0.05, 0.1) is 16.4 Å². The molecular formula is C9H11NO3S. The number of thioether (sulfide) groups is 1. The van der Waals surface area contributed by atoms with Gasteiger partial charge in [0.15, 0.2) is 0 Å². The van der Waals surface area contributed by atoms with Crippen LogP contribution in [-0.2, 0) is 0 Å². The summed E-state index contributed by atoms with van der Waals surface area (Å²) in [6.45, 7) is 2.44. The van der Waals surface area contributed by atoms with Crippen molar-refractivity contribution in [2.24, 2.45) is 0 Å². The number of rotatable bonds is 4. The molecule has 0 fully saturated rings. The molecule has 0 heterocycles. The van der Waals surface area contributed by atoms with Crippen molar-refractivity contribution < 1.29 is 9.66 Å². The summed E-state index contributed by atoms with van der Waals surface area (Å²) in [5, 5.41) is 10.5. The highest BCUT2D eigenvalue weighted by molar-refractivity contribution is 7.98. The molecule has 0 aliphatic carbocycles. The van der Waals surface area contributed by atoms with E-state index in [9.17, 15) is 10.1 Å². The van der Waals surface area contributed by atoms with Crippen LogP contribution in [0, 0.1) is 10.1 Å². The molecule has 5 heteroatoms. The average molecular weight is 213 g/mol. The number of hydrogen-bond donors (Lipinski definition) is 0. The van der Waals surface area contributed by atoms with Gasteiger partial charge in [-0.25, -0.2) is 0 Å². The van der Waals surface area contributed by atoms with Crippen molar-refractivity contribution in [1.29, 1.82) is 0 Å². The Morgan fingerprint density at radius 3 is 2.79 bits per heavy atom. The van der Waals surface area contributed by atoms with Gasteiger partial charge in [-0.15, -0.1) is 11.8 Å². The topological polar surface area (TPSA) is 52.4 Å². The van der Waals surface area contributed by atoms with Gasteiger partial charge in [-0.1, -0.05) is 0 Å². The third kappa shape index (κ3) is 2.38. The van der Waals surface area contributed by atoms with Crippen LogP contribution in [0.5, 0.6) is 5.75 Å². The first kappa shape index (κ1) is 10.8. The molecule has 1 rings (SSSR count). The van der Waals surface area contributed by atoms with Gasteiger partial charge < -0.3 is 4.74 Å². The summed E-state index contributed by atoms with van der Waals surface area (Å²) in [5.41, 5.74) is 0.0952. The zero-order valence-electron chi connectivity index (χ0n) is 8.02. The van der Waals surface area contributed by atoms with E-state index in [1.807, 2.05) is 13.2 Å². The summed E-state index contributed by atoms with van der Waals surface area (Å²) < 4.78 is 5.32. The van der Waals surface area contributed by atoms with Crippen LogP contribution in [0.1, 0.15) is 6.92 Å². The highest BCUT2D eigenvalue weighted by Crippen LogP contribution is 2.31. The predicted molar refractivity (Wildman–Crippen MR) is 56.0 cm³/mol. The van der Waals surface area contributed by atoms with Gasteiger partial charge in [0.25, 0.3) is 5.69 Å². The van der Waals surface area contributed by atoms with Crippen LogP contribution in [0.15, 0.2) is 23.1 Å². The molecule has 76 valence electrons. The van der Waals surface area contributed by atoms with Gasteiger partial charge in [-0.3, -0.25) is 10.1 Å². The number of nitro benzene ring substituents is 1. The third-order valence-corrected chi connectivity index (χ3v) is 2.42. The first-order valence-electron chi connectivity index (χ1n) is 4.14. The molecule has 0 bridgehead atoms. The molecule has 1 aromatic carbocycles. The van der Waals surface area contributed by atoms with E-state index in [2.05, 4.69) is 0 Å². The molecule has 14 heavy (non-hydrogen) atoms. The molecule has 0 aromatic heterocycles. The molecule has 0 N–H and O–H groups in total. The molecule has 0 aliphatic rings. The maximum atomic E-state index is 10.5. The van der Waals surface area contributed by atoms with Crippen LogP contribution in [-0.4, -0.2) is 17.8 Å². The van der Waals surface area contributed by atoms with E-state index in [-0.39, 0.29) is 5.69 Å². The minimum absolute atomic E-state index is 0.0952. The van der Waals surface area contributed by atoms with E-state index >= 15 is 0 Å². The zero-order valence-corrected chi connectivity index (χ0v) is 8.84. The van der Waals surface area contributed by atoms with Gasteiger partial charge >= 0.3 is 0 Å². The fourth-order valence-corrected chi connectivity index (χ4v) is 1.61. The molecule has 1 aromatic rings. The minimum atomic E-state index is -0.407. The number of benzene rings is 1. The summed E-state index contributed by atoms with van der Waals surface area (Å²) in [6, 6.07) is 4.61. The normalized spacial score (nSPS) is 9.86. The molecule has 0 unspecified atom stereocenters. The molecular weight excluding hydrogens is 202 g/mol. The first-order chi connectivity index (χ1) is 6.69. The maximum Gasteiger partial charge on any atom is 0.270 e. The molecule has 0 radical (unpaired) electrons. The molecule has 0 atom stereocenters. The second-order valence-electron chi connectivity index (χ2n) is 2.53. The van der Waals surface area contributed by atoms with Gasteiger partial charge in [0.1, 0.15) is 5.75 Å². The van der Waals surface area contributed by atoms with Gasteiger partial charge in [-0.2, -0.15) is 0 Å². The van der Waals surface area contributed by atoms with E-state index < -0.39 is 4.92 Å². The van der Waals surface area contributed by atoms with E-state index in [1.165, 1.54) is 23.9 Å². The predicted octanol–water partition coefficient (Wildman–Crippen LogP) is 2.72. The lowest BCUT2D eigenvalue weighted by Gasteiger charge is -2.06. The molecule has 0 saturated carbocycles. The molecule has 4 nitrogen and oxygen atoms in total. The average Bonchev–Trinajstić information content (AvgIpc) is 2.18. The van der Waals surface area contributed by atoms with Gasteiger partial charge in [0.2, 0.25) is 0 Å². The number of nitro groups is 1. The Labute approximate surface area is 86.4 Å². The summed E-state index contributed by atoms with van der Waals surface area (Å²) >= 11 is 1.44. The van der Waals surface area contributed by atoms with Crippen LogP contribution in [0.3, 0.4) is 0 Å². The van der Waals surface area contributed by atoms with E-state index in [0.29, 0.717) is 12.4 Å². The lowest BCUT2D eigenvalue weighted by molar-refractivity contribution is -0.385. The monoisotopic (exact) mass is 213 g/mol. The number of non-ortho nitro benzene ring substituents is 1. The van der Waals surface area contributed by atoms with Crippen LogP contribution in [0.4, 0.5) is 5.69 Å². The largest absolute Gasteiger partial charge is 0.493 e. The van der Waals surface area contributed by atoms with Gasteiger partial charge in [0, 0.05) is 12.1 Å². The number of nitrogens with zero attached hydrogens (tertiary/aromatic N) is 1. The number of ether oxygens (including phenoxy) is 1. The Balaban J connectivity index is 3.04. The Hall–Kier alpha value is -1.23. The van der Waals surface area contributed by atoms with E-state index in [0.717, 1.165) is 4.90 Å². The highest BCUT2D eigenvalue weighted by atomic mass is 32.2. The molecule has 0 aliphatic heterocycles. The van der Waals surface area contributed by atoms with Crippen molar-refractivity contribution in [3.05, 3.63) is 28.3 Å². The number of hydrogen-bond acceptors (Lipinski definition) is 4. The molecule has 0 saturated heterocycles. The van der Waals surface area contributed by atoms with E-state index in [4.69, 9.17) is 4.74 Å². The smallest absolute Gasteiger partial charge is 0.270 e. The van der Waals surface area contributed by atoms with Crippen molar-refractivity contribution >= 4 is 17.4 Å².